The largest absolute Gasteiger partial charge is 0.444 e. The highest BCUT2D eigenvalue weighted by atomic mass is 79.9. The lowest BCUT2D eigenvalue weighted by atomic mass is 10.1. The van der Waals surface area contributed by atoms with Crippen molar-refractivity contribution in [1.29, 1.82) is 0 Å². The highest BCUT2D eigenvalue weighted by molar-refractivity contribution is 9.09. The van der Waals surface area contributed by atoms with Gasteiger partial charge >= 0.3 is 6.09 Å². The highest BCUT2D eigenvalue weighted by Gasteiger charge is 2.45. The van der Waals surface area contributed by atoms with Gasteiger partial charge < -0.3 is 14.5 Å². The topological polar surface area (TPSA) is 94.9 Å². The number of amidine groups is 1. The van der Waals surface area contributed by atoms with Crippen LogP contribution in [0.15, 0.2) is 56.9 Å². The number of carbonyl (C=O) groups excluding carboxylic acids is 1. The van der Waals surface area contributed by atoms with Gasteiger partial charge in [-0.3, -0.25) is 0 Å². The molecule has 0 aromatic heterocycles. The van der Waals surface area contributed by atoms with Gasteiger partial charge in [0.25, 0.3) is 0 Å². The van der Waals surface area contributed by atoms with Gasteiger partial charge in [0.05, 0.1) is 4.90 Å². The Labute approximate surface area is 196 Å². The Morgan fingerprint density at radius 1 is 1.12 bits per heavy atom. The summed E-state index contributed by atoms with van der Waals surface area (Å²) in [4.78, 5) is 24.6. The first kappa shape index (κ1) is 22.9. The molecule has 1 aromatic carbocycles. The van der Waals surface area contributed by atoms with Crippen LogP contribution < -0.4 is 0 Å². The van der Waals surface area contributed by atoms with Crippen LogP contribution in [0.5, 0.6) is 0 Å². The molecular weight excluding hydrogens is 498 g/mol. The quantitative estimate of drug-likeness (QED) is 0.438. The number of hydrogen-bond acceptors (Lipinski definition) is 7. The number of benzene rings is 1. The molecule has 2 atom stereocenters. The van der Waals surface area contributed by atoms with E-state index >= 15 is 0 Å². The number of amides is 1. The zero-order valence-corrected chi connectivity index (χ0v) is 20.6. The molecular formula is C21H26BrN5O4S. The van der Waals surface area contributed by atoms with Crippen molar-refractivity contribution in [3.05, 3.63) is 42.0 Å². The number of alkyl halides is 1. The molecule has 1 aromatic rings. The molecule has 0 bridgehead atoms. The molecule has 1 amide bonds. The molecule has 32 heavy (non-hydrogen) atoms. The van der Waals surface area contributed by atoms with Gasteiger partial charge in [0.2, 0.25) is 10.0 Å². The van der Waals surface area contributed by atoms with E-state index in [1.807, 2.05) is 26.8 Å². The summed E-state index contributed by atoms with van der Waals surface area (Å²) in [5, 5.41) is 0. The van der Waals surface area contributed by atoms with Crippen LogP contribution in [0.1, 0.15) is 20.8 Å². The SMILES string of the molecule is CC(C)(C)OC(=O)N1CCN(C2=NC=NC3C2=CC(Br)N3S(=O)(=O)c2ccccc2)CC1. The predicted octanol–water partition coefficient (Wildman–Crippen LogP) is 2.66. The Morgan fingerprint density at radius 3 is 2.41 bits per heavy atom. The molecule has 4 rings (SSSR count). The molecule has 3 aliphatic heterocycles. The van der Waals surface area contributed by atoms with Crippen molar-refractivity contribution in [2.45, 2.75) is 42.4 Å². The van der Waals surface area contributed by atoms with Crippen molar-refractivity contribution in [1.82, 2.24) is 14.1 Å². The smallest absolute Gasteiger partial charge is 0.410 e. The Hall–Kier alpha value is -2.24. The van der Waals surface area contributed by atoms with Crippen molar-refractivity contribution in [2.75, 3.05) is 26.2 Å². The van der Waals surface area contributed by atoms with Gasteiger partial charge in [-0.25, -0.2) is 23.2 Å². The van der Waals surface area contributed by atoms with Crippen LogP contribution in [0.25, 0.3) is 0 Å². The Bertz CT molecular complexity index is 1070. The highest BCUT2D eigenvalue weighted by Crippen LogP contribution is 2.36. The minimum absolute atomic E-state index is 0.212. The summed E-state index contributed by atoms with van der Waals surface area (Å²) in [6, 6.07) is 8.32. The first-order valence-electron chi connectivity index (χ1n) is 10.3. The summed E-state index contributed by atoms with van der Waals surface area (Å²) in [6.07, 6.45) is 2.22. The average Bonchev–Trinajstić information content (AvgIpc) is 3.10. The number of sulfonamides is 1. The van der Waals surface area contributed by atoms with E-state index in [2.05, 4.69) is 30.8 Å². The van der Waals surface area contributed by atoms with Crippen molar-refractivity contribution in [3.63, 3.8) is 0 Å². The van der Waals surface area contributed by atoms with Crippen LogP contribution in [-0.4, -0.2) is 83.7 Å². The van der Waals surface area contributed by atoms with E-state index < -0.39 is 26.7 Å². The Morgan fingerprint density at radius 2 is 1.78 bits per heavy atom. The van der Waals surface area contributed by atoms with E-state index in [1.54, 1.807) is 35.2 Å². The number of rotatable bonds is 2. The molecule has 2 unspecified atom stereocenters. The summed E-state index contributed by atoms with van der Waals surface area (Å²) in [5.74, 6) is 0.684. The van der Waals surface area contributed by atoms with Gasteiger partial charge in [0.15, 0.2) is 0 Å². The molecule has 11 heteroatoms. The van der Waals surface area contributed by atoms with E-state index in [1.165, 1.54) is 10.6 Å². The first-order chi connectivity index (χ1) is 15.1. The lowest BCUT2D eigenvalue weighted by Gasteiger charge is -2.38. The van der Waals surface area contributed by atoms with E-state index in [0.717, 1.165) is 5.57 Å². The third-order valence-corrected chi connectivity index (χ3v) is 8.10. The number of piperazine rings is 1. The maximum Gasteiger partial charge on any atom is 0.410 e. The average molecular weight is 524 g/mol. The molecule has 1 saturated heterocycles. The summed E-state index contributed by atoms with van der Waals surface area (Å²) >= 11 is 3.49. The predicted molar refractivity (Wildman–Crippen MR) is 125 cm³/mol. The minimum atomic E-state index is -3.77. The lowest BCUT2D eigenvalue weighted by molar-refractivity contribution is 0.0187. The molecule has 0 N–H and O–H groups in total. The van der Waals surface area contributed by atoms with Gasteiger partial charge in [0, 0.05) is 31.8 Å². The van der Waals surface area contributed by atoms with E-state index in [9.17, 15) is 13.2 Å². The zero-order chi connectivity index (χ0) is 23.1. The van der Waals surface area contributed by atoms with E-state index in [-0.39, 0.29) is 11.0 Å². The molecule has 0 aliphatic carbocycles. The van der Waals surface area contributed by atoms with Gasteiger partial charge in [-0.1, -0.05) is 34.1 Å². The van der Waals surface area contributed by atoms with Gasteiger partial charge in [-0.05, 0) is 39.0 Å². The van der Waals surface area contributed by atoms with Crippen molar-refractivity contribution >= 4 is 44.2 Å². The first-order valence-corrected chi connectivity index (χ1v) is 12.7. The molecule has 0 radical (unpaired) electrons. The van der Waals surface area contributed by atoms with Crippen LogP contribution in [0.3, 0.4) is 0 Å². The van der Waals surface area contributed by atoms with Crippen LogP contribution in [0, 0.1) is 0 Å². The molecule has 3 heterocycles. The fourth-order valence-corrected chi connectivity index (χ4v) is 6.48. The van der Waals surface area contributed by atoms with E-state index in [4.69, 9.17) is 4.74 Å². The van der Waals surface area contributed by atoms with Crippen LogP contribution in [-0.2, 0) is 14.8 Å². The maximum atomic E-state index is 13.3. The summed E-state index contributed by atoms with van der Waals surface area (Å²) in [6.45, 7) is 7.64. The van der Waals surface area contributed by atoms with Crippen molar-refractivity contribution in [2.24, 2.45) is 9.98 Å². The second kappa shape index (κ2) is 8.60. The van der Waals surface area contributed by atoms with E-state index in [0.29, 0.717) is 32.0 Å². The van der Waals surface area contributed by atoms with Crippen molar-refractivity contribution < 1.29 is 17.9 Å². The van der Waals surface area contributed by atoms with Gasteiger partial charge in [0.1, 0.15) is 28.9 Å². The fourth-order valence-electron chi connectivity index (χ4n) is 3.81. The van der Waals surface area contributed by atoms with Crippen LogP contribution in [0.4, 0.5) is 4.79 Å². The molecule has 1 fully saturated rings. The molecule has 3 aliphatic rings. The number of carbonyl (C=O) groups is 1. The number of aliphatic imine (C=N–C) groups is 2. The third-order valence-electron chi connectivity index (χ3n) is 5.28. The summed E-state index contributed by atoms with van der Waals surface area (Å²) in [5.41, 5.74) is 0.193. The molecule has 172 valence electrons. The van der Waals surface area contributed by atoms with Gasteiger partial charge in [-0.15, -0.1) is 0 Å². The second-order valence-electron chi connectivity index (χ2n) is 8.69. The second-order valence-corrected chi connectivity index (χ2v) is 11.5. The van der Waals surface area contributed by atoms with Crippen LogP contribution >= 0.6 is 15.9 Å². The number of halogens is 1. The van der Waals surface area contributed by atoms with Gasteiger partial charge in [-0.2, -0.15) is 4.31 Å². The number of hydrogen-bond donors (Lipinski definition) is 0. The standard InChI is InChI=1S/C21H26BrN5O4S/c1-21(2,3)31-20(28)26-11-9-25(10-12-26)18-16-13-17(22)27(19(16)24-14-23-18)32(29,30)15-7-5-4-6-8-15/h4-8,13-14,17,19H,9-12H2,1-3H3. The molecule has 9 nitrogen and oxygen atoms in total. The number of nitrogens with zero attached hydrogens (tertiary/aromatic N) is 5. The minimum Gasteiger partial charge on any atom is -0.444 e. The molecule has 0 saturated carbocycles. The lowest BCUT2D eigenvalue weighted by Crippen LogP contribution is -2.53. The third kappa shape index (κ3) is 4.46. The zero-order valence-electron chi connectivity index (χ0n) is 18.2. The normalized spacial score (nSPS) is 24.1. The van der Waals surface area contributed by atoms with Crippen molar-refractivity contribution in [3.8, 4) is 0 Å². The number of ether oxygens (including phenoxy) is 1. The van der Waals surface area contributed by atoms with Crippen LogP contribution in [0.2, 0.25) is 0 Å². The monoisotopic (exact) mass is 523 g/mol. The maximum absolute atomic E-state index is 13.3. The summed E-state index contributed by atoms with van der Waals surface area (Å²) < 4.78 is 33.4. The number of fused-ring (bicyclic) bond motifs is 1. The Kier molecular flexibility index (Phi) is 6.17. The Balaban J connectivity index is 1.49. The molecule has 0 spiro atoms. The fraction of sp³-hybridized carbons (Fsp3) is 0.476. The summed E-state index contributed by atoms with van der Waals surface area (Å²) in [7, 11) is -3.77.